The van der Waals surface area contributed by atoms with Crippen LogP contribution in [-0.2, 0) is 11.0 Å². The Morgan fingerprint density at radius 3 is 2.52 bits per heavy atom. The highest BCUT2D eigenvalue weighted by atomic mass is 35.5. The van der Waals surface area contributed by atoms with E-state index in [0.717, 1.165) is 23.9 Å². The van der Waals surface area contributed by atoms with Crippen LogP contribution in [0.5, 0.6) is 0 Å². The monoisotopic (exact) mass is 441 g/mol. The van der Waals surface area contributed by atoms with Crippen LogP contribution in [0.3, 0.4) is 0 Å². The van der Waals surface area contributed by atoms with Gasteiger partial charge in [-0.3, -0.25) is 9.59 Å². The highest BCUT2D eigenvalue weighted by Gasteiger charge is 2.33. The number of halogens is 4. The summed E-state index contributed by atoms with van der Waals surface area (Å²) in [7, 11) is 0. The van der Waals surface area contributed by atoms with E-state index in [1.807, 2.05) is 6.07 Å². The maximum absolute atomic E-state index is 13.0. The van der Waals surface area contributed by atoms with Gasteiger partial charge in [-0.05, 0) is 45.0 Å². The number of Topliss-reactive ketones (excluding diaryl/α,β-unsaturated/α-hetero) is 1. The van der Waals surface area contributed by atoms with Crippen LogP contribution in [0.25, 0.3) is 0 Å². The van der Waals surface area contributed by atoms with Gasteiger partial charge in [-0.1, -0.05) is 23.4 Å². The second-order valence-corrected chi connectivity index (χ2v) is 7.82. The predicted molar refractivity (Wildman–Crippen MR) is 104 cm³/mol. The van der Waals surface area contributed by atoms with Crippen LogP contribution >= 0.6 is 23.4 Å². The minimum atomic E-state index is -4.65. The fourth-order valence-electron chi connectivity index (χ4n) is 2.39. The molecule has 0 saturated heterocycles. The summed E-state index contributed by atoms with van der Waals surface area (Å²) in [5.74, 6) is -0.818. The number of amides is 1. The Bertz CT molecular complexity index is 1020. The van der Waals surface area contributed by atoms with Crippen molar-refractivity contribution in [2.75, 3.05) is 5.32 Å². The van der Waals surface area contributed by atoms with Crippen LogP contribution in [0.15, 0.2) is 29.3 Å². The molecule has 0 unspecified atom stereocenters. The quantitative estimate of drug-likeness (QED) is 0.505. The number of benzene rings is 1. The normalized spacial score (nSPS) is 12.2. The van der Waals surface area contributed by atoms with E-state index in [1.165, 1.54) is 26.0 Å². The Morgan fingerprint density at radius 2 is 1.97 bits per heavy atom. The van der Waals surface area contributed by atoms with Crippen molar-refractivity contribution in [3.63, 3.8) is 0 Å². The standard InChI is InChI=1S/C19H15ClF3N3O2S/c1-9-14(10(2)27)6-12(8-24)18(25-9)29-11(3)17(28)26-13-4-5-16(20)15(7-13)19(21,22)23/h4-7,11H,1-3H3,(H,26,28)/t11-/m1/s1. The van der Waals surface area contributed by atoms with Crippen LogP contribution in [0.2, 0.25) is 5.02 Å². The number of hydrogen-bond donors (Lipinski definition) is 1. The number of nitriles is 1. The van der Waals surface area contributed by atoms with Gasteiger partial charge in [0.2, 0.25) is 5.91 Å². The first kappa shape index (κ1) is 22.7. The highest BCUT2D eigenvalue weighted by Crippen LogP contribution is 2.36. The molecular formula is C19H15ClF3N3O2S. The van der Waals surface area contributed by atoms with Crippen molar-refractivity contribution in [1.82, 2.24) is 4.98 Å². The first-order chi connectivity index (χ1) is 13.4. The number of rotatable bonds is 5. The second kappa shape index (κ2) is 8.84. The Kier molecular flexibility index (Phi) is 6.93. The summed E-state index contributed by atoms with van der Waals surface area (Å²) < 4.78 is 38.9. The molecule has 10 heteroatoms. The lowest BCUT2D eigenvalue weighted by Crippen LogP contribution is -2.23. The van der Waals surface area contributed by atoms with E-state index in [9.17, 15) is 28.0 Å². The summed E-state index contributed by atoms with van der Waals surface area (Å²) in [6.07, 6.45) is -4.65. The number of alkyl halides is 3. The van der Waals surface area contributed by atoms with Crippen molar-refractivity contribution in [2.24, 2.45) is 0 Å². The average Bonchev–Trinajstić information content (AvgIpc) is 2.62. The molecule has 29 heavy (non-hydrogen) atoms. The van der Waals surface area contributed by atoms with Gasteiger partial charge in [-0.25, -0.2) is 4.98 Å². The molecular weight excluding hydrogens is 427 g/mol. The third-order valence-corrected chi connectivity index (χ3v) is 5.31. The SMILES string of the molecule is CC(=O)c1cc(C#N)c(S[C@H](C)C(=O)Nc2ccc(Cl)c(C(F)(F)F)c2)nc1C. The molecule has 0 aliphatic carbocycles. The number of carbonyl (C=O) groups excluding carboxylic acids is 2. The molecule has 2 rings (SSSR count). The zero-order valence-corrected chi connectivity index (χ0v) is 17.1. The predicted octanol–water partition coefficient (Wildman–Crippen LogP) is 5.26. The molecule has 1 heterocycles. The molecule has 0 fully saturated rings. The molecule has 1 aromatic carbocycles. The van der Waals surface area contributed by atoms with Crippen LogP contribution in [0, 0.1) is 18.3 Å². The first-order valence-electron chi connectivity index (χ1n) is 8.21. The topological polar surface area (TPSA) is 82.8 Å². The number of nitrogens with zero attached hydrogens (tertiary/aromatic N) is 2. The van der Waals surface area contributed by atoms with Crippen LogP contribution in [0.4, 0.5) is 18.9 Å². The fourth-order valence-corrected chi connectivity index (χ4v) is 3.54. The molecule has 0 aliphatic heterocycles. The fraction of sp³-hybridized carbons (Fsp3) is 0.263. The van der Waals surface area contributed by atoms with E-state index in [1.54, 1.807) is 6.92 Å². The molecule has 0 radical (unpaired) electrons. The summed E-state index contributed by atoms with van der Waals surface area (Å²) in [4.78, 5) is 28.2. The summed E-state index contributed by atoms with van der Waals surface area (Å²) >= 11 is 6.54. The van der Waals surface area contributed by atoms with Gasteiger partial charge in [0.05, 0.1) is 21.4 Å². The van der Waals surface area contributed by atoms with Crippen LogP contribution in [0.1, 0.15) is 41.0 Å². The number of hydrogen-bond acceptors (Lipinski definition) is 5. The van der Waals surface area contributed by atoms with Gasteiger partial charge in [0, 0.05) is 16.9 Å². The van der Waals surface area contributed by atoms with E-state index in [2.05, 4.69) is 10.3 Å². The van der Waals surface area contributed by atoms with E-state index in [-0.39, 0.29) is 22.1 Å². The Morgan fingerprint density at radius 1 is 1.31 bits per heavy atom. The molecule has 1 amide bonds. The number of pyridine rings is 1. The molecule has 0 bridgehead atoms. The van der Waals surface area contributed by atoms with Crippen molar-refractivity contribution in [1.29, 1.82) is 5.26 Å². The van der Waals surface area contributed by atoms with Crippen molar-refractivity contribution in [3.05, 3.63) is 51.7 Å². The minimum Gasteiger partial charge on any atom is -0.325 e. The maximum atomic E-state index is 13.0. The van der Waals surface area contributed by atoms with E-state index < -0.39 is 27.9 Å². The Balaban J connectivity index is 2.21. The zero-order valence-electron chi connectivity index (χ0n) is 15.5. The lowest BCUT2D eigenvalue weighted by molar-refractivity contribution is -0.137. The number of aryl methyl sites for hydroxylation is 1. The van der Waals surface area contributed by atoms with Crippen molar-refractivity contribution < 1.29 is 22.8 Å². The van der Waals surface area contributed by atoms with Gasteiger partial charge in [-0.2, -0.15) is 18.4 Å². The summed E-state index contributed by atoms with van der Waals surface area (Å²) in [6, 6.07) is 6.41. The lowest BCUT2D eigenvalue weighted by atomic mass is 10.1. The van der Waals surface area contributed by atoms with Crippen molar-refractivity contribution in [2.45, 2.75) is 37.2 Å². The number of thioether (sulfide) groups is 1. The number of nitrogens with one attached hydrogen (secondary N) is 1. The number of aromatic nitrogens is 1. The van der Waals surface area contributed by atoms with Gasteiger partial charge in [0.1, 0.15) is 11.1 Å². The molecule has 1 atom stereocenters. The third-order valence-electron chi connectivity index (χ3n) is 3.87. The number of ketones is 1. The van der Waals surface area contributed by atoms with Crippen molar-refractivity contribution >= 4 is 40.7 Å². The lowest BCUT2D eigenvalue weighted by Gasteiger charge is -2.15. The van der Waals surface area contributed by atoms with Crippen LogP contribution in [-0.4, -0.2) is 21.9 Å². The summed E-state index contributed by atoms with van der Waals surface area (Å²) in [5, 5.41) is 10.7. The molecule has 0 spiro atoms. The van der Waals surface area contributed by atoms with Gasteiger partial charge in [0.15, 0.2) is 5.78 Å². The molecule has 2 aromatic rings. The molecule has 0 saturated carbocycles. The van der Waals surface area contributed by atoms with E-state index >= 15 is 0 Å². The smallest absolute Gasteiger partial charge is 0.325 e. The molecule has 152 valence electrons. The molecule has 0 aliphatic rings. The maximum Gasteiger partial charge on any atom is 0.417 e. The molecule has 5 nitrogen and oxygen atoms in total. The van der Waals surface area contributed by atoms with Gasteiger partial charge < -0.3 is 5.32 Å². The van der Waals surface area contributed by atoms with Gasteiger partial charge >= 0.3 is 6.18 Å². The molecule has 1 aromatic heterocycles. The van der Waals surface area contributed by atoms with Gasteiger partial charge in [0.25, 0.3) is 0 Å². The Hall–Kier alpha value is -2.57. The number of carbonyl (C=O) groups is 2. The number of anilines is 1. The van der Waals surface area contributed by atoms with Gasteiger partial charge in [-0.15, -0.1) is 0 Å². The first-order valence-corrected chi connectivity index (χ1v) is 9.46. The minimum absolute atomic E-state index is 0.0595. The summed E-state index contributed by atoms with van der Waals surface area (Å²) in [6.45, 7) is 4.49. The zero-order chi connectivity index (χ0) is 21.9. The van der Waals surface area contributed by atoms with Crippen LogP contribution < -0.4 is 5.32 Å². The molecule has 1 N–H and O–H groups in total. The van der Waals surface area contributed by atoms with Crippen molar-refractivity contribution in [3.8, 4) is 6.07 Å². The Labute approximate surface area is 174 Å². The van der Waals surface area contributed by atoms with E-state index in [4.69, 9.17) is 11.6 Å². The largest absolute Gasteiger partial charge is 0.417 e. The summed E-state index contributed by atoms with van der Waals surface area (Å²) in [5.41, 5.74) is -0.254. The third kappa shape index (κ3) is 5.49. The van der Waals surface area contributed by atoms with E-state index in [0.29, 0.717) is 11.3 Å². The average molecular weight is 442 g/mol. The highest BCUT2D eigenvalue weighted by molar-refractivity contribution is 8.00. The second-order valence-electron chi connectivity index (χ2n) is 6.08.